The Kier molecular flexibility index (Phi) is 4.72. The second kappa shape index (κ2) is 6.07. The van der Waals surface area contributed by atoms with E-state index in [9.17, 15) is 9.59 Å². The maximum atomic E-state index is 11.4. The number of carboxylic acids is 1. The van der Waals surface area contributed by atoms with E-state index in [0.29, 0.717) is 12.1 Å². The van der Waals surface area contributed by atoms with Crippen LogP contribution >= 0.6 is 11.6 Å². The molecule has 0 bridgehead atoms. The molecule has 6 heteroatoms. The molecule has 16 heavy (non-hydrogen) atoms. The summed E-state index contributed by atoms with van der Waals surface area (Å²) in [6.07, 6.45) is 1.95. The van der Waals surface area contributed by atoms with Crippen molar-refractivity contribution in [3.05, 3.63) is 23.5 Å². The number of carbonyl (C=O) groups is 2. The number of carboxylic acid groups (broad SMARTS) is 1. The molecule has 1 rings (SSSR count). The Labute approximate surface area is 97.4 Å². The van der Waals surface area contributed by atoms with Gasteiger partial charge in [-0.25, -0.2) is 4.98 Å². The summed E-state index contributed by atoms with van der Waals surface area (Å²) in [6, 6.07) is 3.28. The molecule has 2 N–H and O–H groups in total. The van der Waals surface area contributed by atoms with Crippen LogP contribution in [0.4, 0.5) is 5.69 Å². The van der Waals surface area contributed by atoms with Crippen molar-refractivity contribution < 1.29 is 14.7 Å². The molecular weight excluding hydrogens is 232 g/mol. The van der Waals surface area contributed by atoms with Gasteiger partial charge in [0, 0.05) is 19.0 Å². The first-order valence-corrected chi connectivity index (χ1v) is 5.09. The SMILES string of the molecule is O=C(O)CCCC(=O)Nc1cccnc1Cl. The van der Waals surface area contributed by atoms with Crippen LogP contribution in [0.1, 0.15) is 19.3 Å². The number of amides is 1. The van der Waals surface area contributed by atoms with E-state index in [2.05, 4.69) is 10.3 Å². The molecule has 0 aliphatic carbocycles. The number of nitrogens with zero attached hydrogens (tertiary/aromatic N) is 1. The first-order chi connectivity index (χ1) is 7.59. The average Bonchev–Trinajstić information content (AvgIpc) is 2.21. The normalized spacial score (nSPS) is 9.81. The maximum absolute atomic E-state index is 11.4. The number of aliphatic carboxylic acids is 1. The van der Waals surface area contributed by atoms with E-state index >= 15 is 0 Å². The second-order valence-corrected chi connectivity index (χ2v) is 3.50. The monoisotopic (exact) mass is 242 g/mol. The van der Waals surface area contributed by atoms with Crippen molar-refractivity contribution in [3.8, 4) is 0 Å². The molecular formula is C10H11ClN2O3. The molecule has 1 aromatic rings. The number of pyridine rings is 1. The number of halogens is 1. The average molecular weight is 243 g/mol. The van der Waals surface area contributed by atoms with Crippen molar-refractivity contribution in [2.45, 2.75) is 19.3 Å². The van der Waals surface area contributed by atoms with E-state index < -0.39 is 5.97 Å². The molecule has 0 aromatic carbocycles. The molecule has 0 radical (unpaired) electrons. The number of aromatic nitrogens is 1. The van der Waals surface area contributed by atoms with E-state index in [1.54, 1.807) is 12.1 Å². The number of hydrogen-bond acceptors (Lipinski definition) is 3. The van der Waals surface area contributed by atoms with Crippen molar-refractivity contribution in [3.63, 3.8) is 0 Å². The van der Waals surface area contributed by atoms with Crippen molar-refractivity contribution in [1.29, 1.82) is 0 Å². The van der Waals surface area contributed by atoms with Crippen molar-refractivity contribution in [2.24, 2.45) is 0 Å². The van der Waals surface area contributed by atoms with Crippen LogP contribution < -0.4 is 5.32 Å². The fourth-order valence-corrected chi connectivity index (χ4v) is 1.26. The van der Waals surface area contributed by atoms with E-state index in [1.807, 2.05) is 0 Å². The minimum atomic E-state index is -0.910. The fraction of sp³-hybridized carbons (Fsp3) is 0.300. The topological polar surface area (TPSA) is 79.3 Å². The zero-order valence-corrected chi connectivity index (χ0v) is 9.20. The molecule has 1 aromatic heterocycles. The first-order valence-electron chi connectivity index (χ1n) is 4.72. The molecule has 0 aliphatic heterocycles. The van der Waals surface area contributed by atoms with E-state index in [4.69, 9.17) is 16.7 Å². The van der Waals surface area contributed by atoms with Gasteiger partial charge in [-0.15, -0.1) is 0 Å². The van der Waals surface area contributed by atoms with Crippen molar-refractivity contribution >= 4 is 29.2 Å². The standard InChI is InChI=1S/C10H11ClN2O3/c11-10-7(3-2-6-12-10)13-8(14)4-1-5-9(15)16/h2-3,6H,1,4-5H2,(H,13,14)(H,15,16). The number of carbonyl (C=O) groups excluding carboxylic acids is 1. The lowest BCUT2D eigenvalue weighted by Crippen LogP contribution is -2.12. The highest BCUT2D eigenvalue weighted by atomic mass is 35.5. The number of rotatable bonds is 5. The summed E-state index contributed by atoms with van der Waals surface area (Å²) in [5.41, 5.74) is 0.435. The minimum absolute atomic E-state index is 0.0197. The highest BCUT2D eigenvalue weighted by Gasteiger charge is 2.06. The Balaban J connectivity index is 2.40. The molecule has 0 saturated carbocycles. The highest BCUT2D eigenvalue weighted by molar-refractivity contribution is 6.32. The van der Waals surface area contributed by atoms with E-state index in [0.717, 1.165) is 0 Å². The quantitative estimate of drug-likeness (QED) is 0.774. The number of hydrogen-bond donors (Lipinski definition) is 2. The summed E-state index contributed by atoms with van der Waals surface area (Å²) < 4.78 is 0. The molecule has 0 unspecified atom stereocenters. The van der Waals surface area contributed by atoms with Crippen LogP contribution in [0.5, 0.6) is 0 Å². The Morgan fingerprint density at radius 3 is 2.81 bits per heavy atom. The third kappa shape index (κ3) is 4.27. The molecule has 0 aliphatic rings. The van der Waals surface area contributed by atoms with Crippen LogP contribution in [0.25, 0.3) is 0 Å². The fourth-order valence-electron chi connectivity index (χ4n) is 1.09. The Morgan fingerprint density at radius 1 is 1.44 bits per heavy atom. The predicted octanol–water partition coefficient (Wildman–Crippen LogP) is 1.93. The highest BCUT2D eigenvalue weighted by Crippen LogP contribution is 2.17. The third-order valence-electron chi connectivity index (χ3n) is 1.83. The summed E-state index contributed by atoms with van der Waals surface area (Å²) in [6.45, 7) is 0. The molecule has 86 valence electrons. The Bertz CT molecular complexity index is 395. The van der Waals surface area contributed by atoms with Gasteiger partial charge in [-0.3, -0.25) is 9.59 Å². The molecule has 0 atom stereocenters. The maximum Gasteiger partial charge on any atom is 0.303 e. The van der Waals surface area contributed by atoms with E-state index in [1.165, 1.54) is 6.20 Å². The Morgan fingerprint density at radius 2 is 2.19 bits per heavy atom. The summed E-state index contributed by atoms with van der Waals surface area (Å²) in [5, 5.41) is 11.2. The van der Waals surface area contributed by atoms with Crippen LogP contribution in [0.3, 0.4) is 0 Å². The van der Waals surface area contributed by atoms with Gasteiger partial charge in [0.15, 0.2) is 5.15 Å². The van der Waals surface area contributed by atoms with Gasteiger partial charge in [0.25, 0.3) is 0 Å². The van der Waals surface area contributed by atoms with Crippen LogP contribution in [-0.2, 0) is 9.59 Å². The van der Waals surface area contributed by atoms with Gasteiger partial charge in [0.2, 0.25) is 5.91 Å². The lowest BCUT2D eigenvalue weighted by molar-refractivity contribution is -0.137. The van der Waals surface area contributed by atoms with Crippen LogP contribution in [0, 0.1) is 0 Å². The smallest absolute Gasteiger partial charge is 0.303 e. The predicted molar refractivity (Wildman–Crippen MR) is 59.4 cm³/mol. The van der Waals surface area contributed by atoms with Gasteiger partial charge in [-0.1, -0.05) is 11.6 Å². The first kappa shape index (κ1) is 12.4. The van der Waals surface area contributed by atoms with Gasteiger partial charge in [-0.2, -0.15) is 0 Å². The van der Waals surface area contributed by atoms with Gasteiger partial charge in [0.1, 0.15) is 0 Å². The summed E-state index contributed by atoms with van der Waals surface area (Å²) >= 11 is 5.73. The lowest BCUT2D eigenvalue weighted by Gasteiger charge is -2.05. The molecule has 5 nitrogen and oxygen atoms in total. The lowest BCUT2D eigenvalue weighted by atomic mass is 10.2. The summed E-state index contributed by atoms with van der Waals surface area (Å²) in [4.78, 5) is 25.4. The van der Waals surface area contributed by atoms with E-state index in [-0.39, 0.29) is 23.9 Å². The molecule has 1 amide bonds. The van der Waals surface area contributed by atoms with Crippen molar-refractivity contribution in [2.75, 3.05) is 5.32 Å². The van der Waals surface area contributed by atoms with Gasteiger partial charge >= 0.3 is 5.97 Å². The van der Waals surface area contributed by atoms with Gasteiger partial charge < -0.3 is 10.4 Å². The second-order valence-electron chi connectivity index (χ2n) is 3.14. The molecule has 0 spiro atoms. The van der Waals surface area contributed by atoms with Crippen molar-refractivity contribution in [1.82, 2.24) is 4.98 Å². The molecule has 0 fully saturated rings. The third-order valence-corrected chi connectivity index (χ3v) is 2.13. The zero-order valence-electron chi connectivity index (χ0n) is 8.44. The summed E-state index contributed by atoms with van der Waals surface area (Å²) in [7, 11) is 0. The largest absolute Gasteiger partial charge is 0.481 e. The molecule has 1 heterocycles. The molecule has 0 saturated heterocycles. The minimum Gasteiger partial charge on any atom is -0.481 e. The zero-order chi connectivity index (χ0) is 12.0. The van der Waals surface area contributed by atoms with Gasteiger partial charge in [0.05, 0.1) is 5.69 Å². The Hall–Kier alpha value is -1.62. The number of anilines is 1. The van der Waals surface area contributed by atoms with Crippen LogP contribution in [0.15, 0.2) is 18.3 Å². The van der Waals surface area contributed by atoms with Crippen LogP contribution in [0.2, 0.25) is 5.15 Å². The number of nitrogens with one attached hydrogen (secondary N) is 1. The van der Waals surface area contributed by atoms with Crippen LogP contribution in [-0.4, -0.2) is 22.0 Å². The van der Waals surface area contributed by atoms with Gasteiger partial charge in [-0.05, 0) is 18.6 Å². The summed E-state index contributed by atoms with van der Waals surface area (Å²) in [5.74, 6) is -1.18.